The monoisotopic (exact) mass is 243 g/mol. The van der Waals surface area contributed by atoms with Crippen LogP contribution in [0.15, 0.2) is 18.2 Å². The van der Waals surface area contributed by atoms with E-state index in [4.69, 9.17) is 15.7 Å². The van der Waals surface area contributed by atoms with Gasteiger partial charge in [0.25, 0.3) is 0 Å². The zero-order valence-electron chi connectivity index (χ0n) is 10.3. The van der Waals surface area contributed by atoms with Crippen molar-refractivity contribution in [2.24, 2.45) is 0 Å². The molecule has 3 rings (SSSR count). The first kappa shape index (κ1) is 11.4. The summed E-state index contributed by atoms with van der Waals surface area (Å²) in [5.41, 5.74) is 7.99. The van der Waals surface area contributed by atoms with E-state index in [0.29, 0.717) is 23.4 Å². The summed E-state index contributed by atoms with van der Waals surface area (Å²) in [7, 11) is 0. The molecule has 0 radical (unpaired) electrons. The average Bonchev–Trinajstić information content (AvgIpc) is 2.87. The number of benzene rings is 1. The van der Waals surface area contributed by atoms with Gasteiger partial charge < -0.3 is 15.4 Å². The summed E-state index contributed by atoms with van der Waals surface area (Å²) < 4.78 is 5.80. The number of nitrogens with two attached hydrogens (primary N) is 1. The second-order valence-electron chi connectivity index (χ2n) is 4.98. The van der Waals surface area contributed by atoms with Crippen molar-refractivity contribution in [1.29, 1.82) is 5.26 Å². The van der Waals surface area contributed by atoms with Crippen molar-refractivity contribution in [3.8, 4) is 6.07 Å². The Labute approximate surface area is 107 Å². The molecule has 2 unspecified atom stereocenters. The summed E-state index contributed by atoms with van der Waals surface area (Å²) in [6, 6.07) is 8.35. The second-order valence-corrected chi connectivity index (χ2v) is 4.98. The van der Waals surface area contributed by atoms with Crippen LogP contribution in [0.2, 0.25) is 0 Å². The number of anilines is 2. The van der Waals surface area contributed by atoms with Crippen LogP contribution < -0.4 is 10.6 Å². The largest absolute Gasteiger partial charge is 0.398 e. The Hall–Kier alpha value is -1.73. The lowest BCUT2D eigenvalue weighted by molar-refractivity contribution is 0.0256. The lowest BCUT2D eigenvalue weighted by atomic mass is 10.1. The third-order valence-electron chi connectivity index (χ3n) is 3.97. The molecule has 4 nitrogen and oxygen atoms in total. The molecule has 1 aromatic carbocycles. The lowest BCUT2D eigenvalue weighted by Gasteiger charge is -2.39. The maximum absolute atomic E-state index is 9.06. The Kier molecular flexibility index (Phi) is 2.85. The molecular weight excluding hydrogens is 226 g/mol. The minimum Gasteiger partial charge on any atom is -0.398 e. The molecule has 2 atom stereocenters. The molecule has 0 bridgehead atoms. The van der Waals surface area contributed by atoms with E-state index in [-0.39, 0.29) is 0 Å². The number of morpholine rings is 1. The van der Waals surface area contributed by atoms with Crippen LogP contribution in [-0.4, -0.2) is 25.3 Å². The highest BCUT2D eigenvalue weighted by atomic mass is 16.5. The summed E-state index contributed by atoms with van der Waals surface area (Å²) >= 11 is 0. The first-order chi connectivity index (χ1) is 8.79. The molecule has 94 valence electrons. The lowest BCUT2D eigenvalue weighted by Crippen LogP contribution is -2.48. The Morgan fingerprint density at radius 3 is 3.11 bits per heavy atom. The average molecular weight is 243 g/mol. The van der Waals surface area contributed by atoms with Crippen LogP contribution in [-0.2, 0) is 4.74 Å². The van der Waals surface area contributed by atoms with E-state index in [1.165, 1.54) is 12.8 Å². The first-order valence-corrected chi connectivity index (χ1v) is 6.47. The van der Waals surface area contributed by atoms with E-state index in [0.717, 1.165) is 25.3 Å². The number of nitrogen functional groups attached to an aromatic ring is 1. The molecule has 4 heteroatoms. The number of fused-ring (bicyclic) bond motifs is 1. The highest BCUT2D eigenvalue weighted by molar-refractivity contribution is 5.63. The normalized spacial score (nSPS) is 26.7. The highest BCUT2D eigenvalue weighted by Gasteiger charge is 2.36. The van der Waals surface area contributed by atoms with Gasteiger partial charge in [0.2, 0.25) is 0 Å². The standard InChI is InChI=1S/C14H17N3O/c15-9-10-8-11(4-5-12(10)16)17-6-7-18-14-3-1-2-13(14)17/h4-5,8,13-14H,1-3,6-7,16H2. The van der Waals surface area contributed by atoms with E-state index in [9.17, 15) is 0 Å². The van der Waals surface area contributed by atoms with Gasteiger partial charge in [-0.3, -0.25) is 0 Å². The van der Waals surface area contributed by atoms with Gasteiger partial charge in [0, 0.05) is 17.9 Å². The third kappa shape index (κ3) is 1.81. The van der Waals surface area contributed by atoms with Crippen LogP contribution in [0.4, 0.5) is 11.4 Å². The predicted molar refractivity (Wildman–Crippen MR) is 70.3 cm³/mol. The van der Waals surface area contributed by atoms with Gasteiger partial charge in [-0.2, -0.15) is 5.26 Å². The van der Waals surface area contributed by atoms with Crippen LogP contribution in [0.3, 0.4) is 0 Å². The SMILES string of the molecule is N#Cc1cc(N2CCOC3CCCC32)ccc1N. The van der Waals surface area contributed by atoms with Gasteiger partial charge in [-0.25, -0.2) is 0 Å². The van der Waals surface area contributed by atoms with Gasteiger partial charge >= 0.3 is 0 Å². The van der Waals surface area contributed by atoms with Crippen molar-refractivity contribution in [3.63, 3.8) is 0 Å². The summed E-state index contributed by atoms with van der Waals surface area (Å²) in [6.45, 7) is 1.67. The molecule has 2 aliphatic rings. The van der Waals surface area contributed by atoms with E-state index in [2.05, 4.69) is 11.0 Å². The van der Waals surface area contributed by atoms with Crippen LogP contribution in [0.25, 0.3) is 0 Å². The van der Waals surface area contributed by atoms with E-state index >= 15 is 0 Å². The molecule has 1 aromatic rings. The fraction of sp³-hybridized carbons (Fsp3) is 0.500. The molecule has 1 saturated heterocycles. The summed E-state index contributed by atoms with van der Waals surface area (Å²) in [5, 5.41) is 9.06. The fourth-order valence-corrected chi connectivity index (χ4v) is 3.07. The van der Waals surface area contributed by atoms with Crippen molar-refractivity contribution >= 4 is 11.4 Å². The van der Waals surface area contributed by atoms with Crippen LogP contribution in [0.1, 0.15) is 24.8 Å². The van der Waals surface area contributed by atoms with Gasteiger partial charge in [0.1, 0.15) is 6.07 Å². The Morgan fingerprint density at radius 1 is 1.39 bits per heavy atom. The van der Waals surface area contributed by atoms with E-state index < -0.39 is 0 Å². The number of nitriles is 1. The van der Waals surface area contributed by atoms with Gasteiger partial charge in [-0.05, 0) is 37.5 Å². The predicted octanol–water partition coefficient (Wildman–Crippen LogP) is 1.90. The third-order valence-corrected chi connectivity index (χ3v) is 3.97. The smallest absolute Gasteiger partial charge is 0.101 e. The van der Waals surface area contributed by atoms with Crippen LogP contribution in [0, 0.1) is 11.3 Å². The number of hydrogen-bond donors (Lipinski definition) is 1. The maximum atomic E-state index is 9.06. The van der Waals surface area contributed by atoms with Crippen molar-refractivity contribution in [1.82, 2.24) is 0 Å². The molecular formula is C14H17N3O. The number of nitrogens with zero attached hydrogens (tertiary/aromatic N) is 2. The van der Waals surface area contributed by atoms with Gasteiger partial charge in [-0.1, -0.05) is 0 Å². The van der Waals surface area contributed by atoms with Gasteiger partial charge in [0.05, 0.1) is 24.3 Å². The molecule has 1 aliphatic carbocycles. The Balaban J connectivity index is 1.92. The minimum absolute atomic E-state index is 0.363. The fourth-order valence-electron chi connectivity index (χ4n) is 3.07. The van der Waals surface area contributed by atoms with Gasteiger partial charge in [-0.15, -0.1) is 0 Å². The van der Waals surface area contributed by atoms with Crippen molar-refractivity contribution in [2.75, 3.05) is 23.8 Å². The number of rotatable bonds is 1. The zero-order valence-corrected chi connectivity index (χ0v) is 10.3. The molecule has 2 fully saturated rings. The highest BCUT2D eigenvalue weighted by Crippen LogP contribution is 2.33. The number of ether oxygens (including phenoxy) is 1. The van der Waals surface area contributed by atoms with Crippen molar-refractivity contribution in [2.45, 2.75) is 31.4 Å². The Morgan fingerprint density at radius 2 is 2.28 bits per heavy atom. The molecule has 0 amide bonds. The zero-order chi connectivity index (χ0) is 12.5. The molecule has 1 saturated carbocycles. The summed E-state index contributed by atoms with van der Waals surface area (Å²) in [4.78, 5) is 2.38. The molecule has 18 heavy (non-hydrogen) atoms. The Bertz CT molecular complexity index is 494. The van der Waals surface area contributed by atoms with Crippen LogP contribution >= 0.6 is 0 Å². The molecule has 1 aliphatic heterocycles. The summed E-state index contributed by atoms with van der Waals surface area (Å²) in [5.74, 6) is 0. The quantitative estimate of drug-likeness (QED) is 0.765. The van der Waals surface area contributed by atoms with Gasteiger partial charge in [0.15, 0.2) is 0 Å². The molecule has 2 N–H and O–H groups in total. The van der Waals surface area contributed by atoms with E-state index in [1.807, 2.05) is 18.2 Å². The molecule has 0 aromatic heterocycles. The topological polar surface area (TPSA) is 62.3 Å². The molecule has 0 spiro atoms. The minimum atomic E-state index is 0.363. The maximum Gasteiger partial charge on any atom is 0.101 e. The first-order valence-electron chi connectivity index (χ1n) is 6.47. The summed E-state index contributed by atoms with van der Waals surface area (Å²) in [6.07, 6.45) is 3.92. The van der Waals surface area contributed by atoms with Crippen molar-refractivity contribution in [3.05, 3.63) is 23.8 Å². The number of hydrogen-bond acceptors (Lipinski definition) is 4. The van der Waals surface area contributed by atoms with Crippen molar-refractivity contribution < 1.29 is 4.74 Å². The molecule has 1 heterocycles. The van der Waals surface area contributed by atoms with Crippen LogP contribution in [0.5, 0.6) is 0 Å². The van der Waals surface area contributed by atoms with E-state index in [1.54, 1.807) is 0 Å². The second kappa shape index (κ2) is 4.51.